The van der Waals surface area contributed by atoms with Crippen LogP contribution < -0.4 is 21.0 Å². The number of nitrogens with zero attached hydrogens (tertiary/aromatic N) is 1. The van der Waals surface area contributed by atoms with Crippen LogP contribution in [0.3, 0.4) is 0 Å². The molecule has 4 heterocycles. The Bertz CT molecular complexity index is 1160. The van der Waals surface area contributed by atoms with E-state index in [0.29, 0.717) is 22.8 Å². The number of fused-ring (bicyclic) bond motifs is 2. The highest BCUT2D eigenvalue weighted by atomic mass is 32.2. The normalized spacial score (nSPS) is 20.6. The number of aromatic nitrogens is 2. The van der Waals surface area contributed by atoms with Crippen molar-refractivity contribution in [3.8, 4) is 5.75 Å². The van der Waals surface area contributed by atoms with Gasteiger partial charge in [-0.3, -0.25) is 14.2 Å². The van der Waals surface area contributed by atoms with Gasteiger partial charge in [0.2, 0.25) is 21.8 Å². The van der Waals surface area contributed by atoms with E-state index in [-0.39, 0.29) is 33.4 Å². The zero-order valence-electron chi connectivity index (χ0n) is 14.1. The molecule has 2 aliphatic heterocycles. The number of pyridine rings is 1. The summed E-state index contributed by atoms with van der Waals surface area (Å²) < 4.78 is 28.1. The van der Waals surface area contributed by atoms with Crippen molar-refractivity contribution in [1.82, 2.24) is 15.0 Å². The van der Waals surface area contributed by atoms with Gasteiger partial charge in [-0.1, -0.05) is 0 Å². The molecule has 136 valence electrons. The summed E-state index contributed by atoms with van der Waals surface area (Å²) in [6.45, 7) is 3.89. The zero-order valence-corrected chi connectivity index (χ0v) is 14.9. The fourth-order valence-electron chi connectivity index (χ4n) is 3.83. The second-order valence-corrected chi connectivity index (χ2v) is 8.85. The van der Waals surface area contributed by atoms with E-state index < -0.39 is 16.8 Å². The van der Waals surface area contributed by atoms with Gasteiger partial charge in [-0.25, -0.2) is 4.39 Å². The molecule has 0 spiro atoms. The maximum absolute atomic E-state index is 15.1. The van der Waals surface area contributed by atoms with E-state index in [0.717, 1.165) is 24.6 Å². The van der Waals surface area contributed by atoms with Gasteiger partial charge in [0.05, 0.1) is 11.4 Å². The number of benzene rings is 1. The first-order valence-corrected chi connectivity index (χ1v) is 10.1. The number of aromatic amines is 1. The van der Waals surface area contributed by atoms with Gasteiger partial charge in [0.15, 0.2) is 11.2 Å². The van der Waals surface area contributed by atoms with Crippen LogP contribution in [0.4, 0.5) is 4.39 Å². The molecule has 1 saturated heterocycles. The Balaban J connectivity index is 1.95. The second kappa shape index (κ2) is 5.62. The van der Waals surface area contributed by atoms with Crippen molar-refractivity contribution >= 4 is 32.9 Å². The van der Waals surface area contributed by atoms with Crippen molar-refractivity contribution in [2.45, 2.75) is 17.9 Å². The average Bonchev–Trinajstić information content (AvgIpc) is 3.03. The summed E-state index contributed by atoms with van der Waals surface area (Å²) in [6.07, 6.45) is 0. The standard InChI is InChI=1S/C17H16FN3O4S/c1-8-7-24-14-12-9(6-10(18)15(14)26-4-2-19-3-5-26)13(22)11-16(23)20-25-17(11)21(8)12/h6,8,19H,2-5,7H2,1H3/p+1. The van der Waals surface area contributed by atoms with Crippen LogP contribution in [0, 0.1) is 5.82 Å². The third kappa shape index (κ3) is 2.04. The Morgan fingerprint density at radius 3 is 2.85 bits per heavy atom. The van der Waals surface area contributed by atoms with Crippen LogP contribution in [0.15, 0.2) is 25.1 Å². The fraction of sp³-hybridized carbons (Fsp3) is 0.412. The molecule has 2 aromatic heterocycles. The van der Waals surface area contributed by atoms with Crippen molar-refractivity contribution in [1.29, 1.82) is 0 Å². The van der Waals surface area contributed by atoms with Crippen LogP contribution in [-0.4, -0.2) is 40.9 Å². The Morgan fingerprint density at radius 2 is 2.08 bits per heavy atom. The molecule has 3 aromatic rings. The average molecular weight is 378 g/mol. The Kier molecular flexibility index (Phi) is 3.45. The molecule has 0 saturated carbocycles. The monoisotopic (exact) mass is 378 g/mol. The lowest BCUT2D eigenvalue weighted by atomic mass is 10.1. The smallest absolute Gasteiger partial charge is 0.293 e. The second-order valence-electron chi connectivity index (χ2n) is 6.64. The van der Waals surface area contributed by atoms with Crippen LogP contribution in [0.2, 0.25) is 0 Å². The summed E-state index contributed by atoms with van der Waals surface area (Å²) >= 11 is 0. The molecule has 1 fully saturated rings. The molecule has 0 radical (unpaired) electrons. The van der Waals surface area contributed by atoms with E-state index in [2.05, 4.69) is 10.5 Å². The molecule has 5 rings (SSSR count). The van der Waals surface area contributed by atoms with Gasteiger partial charge in [-0.05, 0) is 13.0 Å². The predicted octanol–water partition coefficient (Wildman–Crippen LogP) is 1.11. The molecule has 9 heteroatoms. The van der Waals surface area contributed by atoms with Crippen molar-refractivity contribution < 1.29 is 13.7 Å². The molecule has 2 aliphatic rings. The molecule has 0 amide bonds. The Labute approximate surface area is 149 Å². The van der Waals surface area contributed by atoms with Crippen molar-refractivity contribution in [2.75, 3.05) is 31.2 Å². The van der Waals surface area contributed by atoms with Gasteiger partial charge in [0.1, 0.15) is 23.6 Å². The van der Waals surface area contributed by atoms with E-state index in [9.17, 15) is 9.59 Å². The molecule has 0 bridgehead atoms. The number of halogens is 1. The molecule has 1 atom stereocenters. The highest BCUT2D eigenvalue weighted by molar-refractivity contribution is 7.97. The Hall–Kier alpha value is -2.26. The Morgan fingerprint density at radius 1 is 1.31 bits per heavy atom. The topological polar surface area (TPSA) is 89.3 Å². The van der Waals surface area contributed by atoms with Gasteiger partial charge < -0.3 is 14.6 Å². The van der Waals surface area contributed by atoms with E-state index in [1.165, 1.54) is 6.07 Å². The largest absolute Gasteiger partial charge is 0.484 e. The van der Waals surface area contributed by atoms with Crippen molar-refractivity contribution in [3.05, 3.63) is 32.5 Å². The number of ether oxygens (including phenoxy) is 1. The third-order valence-electron chi connectivity index (χ3n) is 5.03. The molecule has 1 unspecified atom stereocenters. The third-order valence-corrected chi connectivity index (χ3v) is 7.38. The van der Waals surface area contributed by atoms with Gasteiger partial charge >= 0.3 is 0 Å². The zero-order chi connectivity index (χ0) is 18.0. The van der Waals surface area contributed by atoms with Gasteiger partial charge in [0, 0.05) is 24.0 Å². The van der Waals surface area contributed by atoms with Crippen LogP contribution >= 0.6 is 0 Å². The lowest BCUT2D eigenvalue weighted by Crippen LogP contribution is -2.37. The maximum atomic E-state index is 15.1. The first-order chi connectivity index (χ1) is 12.6. The summed E-state index contributed by atoms with van der Waals surface area (Å²) in [7, 11) is -0.286. The summed E-state index contributed by atoms with van der Waals surface area (Å²) in [5, 5.41) is 5.60. The molecule has 7 nitrogen and oxygen atoms in total. The minimum Gasteiger partial charge on any atom is -0.484 e. The van der Waals surface area contributed by atoms with Crippen LogP contribution in [-0.2, 0) is 10.9 Å². The first kappa shape index (κ1) is 16.0. The van der Waals surface area contributed by atoms with Crippen LogP contribution in [0.1, 0.15) is 13.0 Å². The van der Waals surface area contributed by atoms with Crippen molar-refractivity contribution in [2.24, 2.45) is 0 Å². The van der Waals surface area contributed by atoms with E-state index >= 15 is 4.39 Å². The minimum atomic E-state index is -0.597. The molecule has 2 N–H and O–H groups in total. The van der Waals surface area contributed by atoms with Crippen molar-refractivity contribution in [3.63, 3.8) is 0 Å². The summed E-state index contributed by atoms with van der Waals surface area (Å²) in [5.41, 5.74) is -0.415. The van der Waals surface area contributed by atoms with E-state index in [1.54, 1.807) is 4.57 Å². The molecule has 26 heavy (non-hydrogen) atoms. The lowest BCUT2D eigenvalue weighted by Gasteiger charge is -2.27. The molecular weight excluding hydrogens is 361 g/mol. The van der Waals surface area contributed by atoms with Crippen LogP contribution in [0.5, 0.6) is 5.75 Å². The number of hydrogen-bond donors (Lipinski definition) is 2. The maximum Gasteiger partial charge on any atom is 0.293 e. The first-order valence-electron chi connectivity index (χ1n) is 8.51. The molecule has 1 aromatic carbocycles. The summed E-state index contributed by atoms with van der Waals surface area (Å²) in [4.78, 5) is 25.4. The van der Waals surface area contributed by atoms with Crippen LogP contribution in [0.25, 0.3) is 22.0 Å². The minimum absolute atomic E-state index is 0.0753. The van der Waals surface area contributed by atoms with Gasteiger partial charge in [0.25, 0.3) is 5.56 Å². The number of hydrogen-bond acceptors (Lipinski definition) is 5. The quantitative estimate of drug-likeness (QED) is 0.619. The number of H-pyrrole nitrogens is 1. The lowest BCUT2D eigenvalue weighted by molar-refractivity contribution is 0.237. The summed E-state index contributed by atoms with van der Waals surface area (Å²) in [6, 6.07) is 1.11. The van der Waals surface area contributed by atoms with Gasteiger partial charge in [-0.2, -0.15) is 5.16 Å². The van der Waals surface area contributed by atoms with Gasteiger partial charge in [-0.15, -0.1) is 0 Å². The number of nitrogens with one attached hydrogen (secondary N) is 2. The number of rotatable bonds is 1. The SMILES string of the molecule is CC1COc2c([S+]3CCNCC3)c(F)cc3c(=O)c4c(=O)[nH]oc4n1c23. The predicted molar refractivity (Wildman–Crippen MR) is 97.0 cm³/mol. The highest BCUT2D eigenvalue weighted by Gasteiger charge is 2.38. The molecular formula is C17H17FN3O4S+. The summed E-state index contributed by atoms with van der Waals surface area (Å²) in [5.74, 6) is 1.65. The van der Waals surface area contributed by atoms with E-state index in [4.69, 9.17) is 9.26 Å². The van der Waals surface area contributed by atoms with E-state index in [1.807, 2.05) is 6.92 Å². The molecule has 0 aliphatic carbocycles. The highest BCUT2D eigenvalue weighted by Crippen LogP contribution is 2.41. The fourth-order valence-corrected chi connectivity index (χ4v) is 5.98.